The maximum Gasteiger partial charge on any atom is 0.325 e. The molecule has 0 aliphatic heterocycles. The molecule has 0 spiro atoms. The third-order valence-electron chi connectivity index (χ3n) is 3.05. The van der Waals surface area contributed by atoms with Crippen LogP contribution in [-0.4, -0.2) is 30.9 Å². The van der Waals surface area contributed by atoms with Crippen LogP contribution in [0.1, 0.15) is 10.4 Å². The Morgan fingerprint density at radius 2 is 1.85 bits per heavy atom. The molecule has 0 aromatic heterocycles. The van der Waals surface area contributed by atoms with Crippen molar-refractivity contribution in [2.75, 3.05) is 18.5 Å². The largest absolute Gasteiger partial charge is 0.454 e. The van der Waals surface area contributed by atoms with E-state index in [1.807, 2.05) is 0 Å². The molecule has 0 heterocycles. The molecule has 2 aromatic carbocycles. The highest BCUT2D eigenvalue weighted by Gasteiger charge is 2.12. The van der Waals surface area contributed by atoms with Crippen molar-refractivity contribution in [3.8, 4) is 0 Å². The first-order valence-electron chi connectivity index (χ1n) is 7.29. The van der Waals surface area contributed by atoms with Gasteiger partial charge in [0, 0.05) is 16.1 Å². The molecule has 2 N–H and O–H groups in total. The van der Waals surface area contributed by atoms with Crippen molar-refractivity contribution in [3.63, 3.8) is 0 Å². The van der Waals surface area contributed by atoms with Crippen LogP contribution < -0.4 is 10.6 Å². The molecule has 0 radical (unpaired) electrons. The predicted octanol–water partition coefficient (Wildman–Crippen LogP) is 2.64. The summed E-state index contributed by atoms with van der Waals surface area (Å²) in [4.78, 5) is 35.0. The van der Waals surface area contributed by atoms with Crippen molar-refractivity contribution in [2.45, 2.75) is 0 Å². The Labute approximate surface area is 155 Å². The minimum absolute atomic E-state index is 0.240. The lowest BCUT2D eigenvalue weighted by atomic mass is 10.2. The van der Waals surface area contributed by atoms with E-state index < -0.39 is 42.6 Å². The summed E-state index contributed by atoms with van der Waals surface area (Å²) in [5, 5.41) is 4.49. The van der Waals surface area contributed by atoms with E-state index in [0.717, 1.165) is 12.1 Å². The second-order valence-corrected chi connectivity index (χ2v) is 5.94. The van der Waals surface area contributed by atoms with Crippen molar-refractivity contribution in [3.05, 3.63) is 64.1 Å². The summed E-state index contributed by atoms with van der Waals surface area (Å²) in [6.45, 7) is -1.12. The van der Waals surface area contributed by atoms with Gasteiger partial charge < -0.3 is 15.4 Å². The predicted molar refractivity (Wildman–Crippen MR) is 92.4 cm³/mol. The standard InChI is InChI=1S/C17H13BrF2N2O4/c18-11-3-1-2-10(6-11)17(25)21-8-16(24)26-9-15(23)22-14-5-4-12(19)7-13(14)20/h1-7H,8-9H2,(H,21,25)(H,22,23). The average Bonchev–Trinajstić information content (AvgIpc) is 2.60. The number of hydrogen-bond acceptors (Lipinski definition) is 4. The zero-order chi connectivity index (χ0) is 19.1. The molecule has 136 valence electrons. The third-order valence-corrected chi connectivity index (χ3v) is 3.54. The Morgan fingerprint density at radius 1 is 1.08 bits per heavy atom. The molecule has 6 nitrogen and oxygen atoms in total. The highest BCUT2D eigenvalue weighted by atomic mass is 79.9. The smallest absolute Gasteiger partial charge is 0.325 e. The lowest BCUT2D eigenvalue weighted by molar-refractivity contribution is -0.146. The minimum atomic E-state index is -0.953. The van der Waals surface area contributed by atoms with Crippen LogP contribution in [0.15, 0.2) is 46.9 Å². The van der Waals surface area contributed by atoms with Gasteiger partial charge in [0.05, 0.1) is 5.69 Å². The normalized spacial score (nSPS) is 10.1. The molecule has 2 aromatic rings. The van der Waals surface area contributed by atoms with Gasteiger partial charge in [-0.05, 0) is 30.3 Å². The summed E-state index contributed by atoms with van der Waals surface area (Å²) in [5.74, 6) is -3.87. The zero-order valence-electron chi connectivity index (χ0n) is 13.2. The molecule has 0 aliphatic rings. The van der Waals surface area contributed by atoms with Crippen LogP contribution in [0, 0.1) is 11.6 Å². The van der Waals surface area contributed by atoms with Crippen molar-refractivity contribution in [1.82, 2.24) is 5.32 Å². The van der Waals surface area contributed by atoms with E-state index in [9.17, 15) is 23.2 Å². The summed E-state index contributed by atoms with van der Waals surface area (Å²) in [6.07, 6.45) is 0. The quantitative estimate of drug-likeness (QED) is 0.695. The highest BCUT2D eigenvalue weighted by Crippen LogP contribution is 2.14. The van der Waals surface area contributed by atoms with Crippen molar-refractivity contribution in [2.24, 2.45) is 0 Å². The van der Waals surface area contributed by atoms with E-state index in [4.69, 9.17) is 0 Å². The van der Waals surface area contributed by atoms with Crippen molar-refractivity contribution < 1.29 is 27.9 Å². The number of halogens is 3. The highest BCUT2D eigenvalue weighted by molar-refractivity contribution is 9.10. The van der Waals surface area contributed by atoms with Crippen LogP contribution in [0.2, 0.25) is 0 Å². The number of carbonyl (C=O) groups is 3. The molecule has 0 saturated heterocycles. The molecule has 0 fully saturated rings. The number of anilines is 1. The zero-order valence-corrected chi connectivity index (χ0v) is 14.8. The van der Waals surface area contributed by atoms with E-state index in [1.165, 1.54) is 0 Å². The van der Waals surface area contributed by atoms with Gasteiger partial charge in [-0.15, -0.1) is 0 Å². The number of carbonyl (C=O) groups excluding carboxylic acids is 3. The monoisotopic (exact) mass is 426 g/mol. The number of ether oxygens (including phenoxy) is 1. The van der Waals surface area contributed by atoms with Crippen LogP contribution in [0.5, 0.6) is 0 Å². The number of esters is 1. The Morgan fingerprint density at radius 3 is 2.54 bits per heavy atom. The summed E-state index contributed by atoms with van der Waals surface area (Å²) < 4.78 is 31.6. The SMILES string of the molecule is O=C(COC(=O)CNC(=O)c1cccc(Br)c1)Nc1ccc(F)cc1F. The third kappa shape index (κ3) is 5.92. The average molecular weight is 427 g/mol. The second-order valence-electron chi connectivity index (χ2n) is 5.03. The van der Waals surface area contributed by atoms with Gasteiger partial charge in [0.1, 0.15) is 18.2 Å². The molecule has 0 atom stereocenters. The van der Waals surface area contributed by atoms with Gasteiger partial charge >= 0.3 is 5.97 Å². The molecule has 2 amide bonds. The van der Waals surface area contributed by atoms with Crippen molar-refractivity contribution in [1.29, 1.82) is 0 Å². The summed E-state index contributed by atoms with van der Waals surface area (Å²) in [7, 11) is 0. The number of hydrogen-bond donors (Lipinski definition) is 2. The summed E-state index contributed by atoms with van der Waals surface area (Å²) in [6, 6.07) is 9.18. The fourth-order valence-corrected chi connectivity index (χ4v) is 2.26. The van der Waals surface area contributed by atoms with Gasteiger partial charge in [0.25, 0.3) is 11.8 Å². The lowest BCUT2D eigenvalue weighted by Crippen LogP contribution is -2.32. The van der Waals surface area contributed by atoms with Crippen LogP contribution in [-0.2, 0) is 14.3 Å². The number of rotatable bonds is 6. The topological polar surface area (TPSA) is 84.5 Å². The van der Waals surface area contributed by atoms with E-state index in [-0.39, 0.29) is 5.69 Å². The molecule has 2 rings (SSSR count). The Bertz CT molecular complexity index is 845. The number of amides is 2. The summed E-state index contributed by atoms with van der Waals surface area (Å²) >= 11 is 3.22. The Kier molecular flexibility index (Phi) is 6.79. The molecular weight excluding hydrogens is 414 g/mol. The van der Waals surface area contributed by atoms with Crippen LogP contribution >= 0.6 is 15.9 Å². The molecule has 9 heteroatoms. The van der Waals surface area contributed by atoms with Gasteiger partial charge in [0.15, 0.2) is 6.61 Å². The van der Waals surface area contributed by atoms with Crippen LogP contribution in [0.4, 0.5) is 14.5 Å². The maximum atomic E-state index is 13.4. The molecule has 0 bridgehead atoms. The van der Waals surface area contributed by atoms with Gasteiger partial charge in [-0.1, -0.05) is 22.0 Å². The van der Waals surface area contributed by atoms with E-state index in [2.05, 4.69) is 31.3 Å². The molecule has 0 aliphatic carbocycles. The Hall–Kier alpha value is -2.81. The fourth-order valence-electron chi connectivity index (χ4n) is 1.86. The molecular formula is C17H13BrF2N2O4. The maximum absolute atomic E-state index is 13.4. The number of nitrogens with one attached hydrogen (secondary N) is 2. The lowest BCUT2D eigenvalue weighted by Gasteiger charge is -2.08. The van der Waals surface area contributed by atoms with E-state index in [1.54, 1.807) is 24.3 Å². The molecule has 0 saturated carbocycles. The first kappa shape index (κ1) is 19.5. The van der Waals surface area contributed by atoms with Crippen molar-refractivity contribution >= 4 is 39.4 Å². The first-order valence-corrected chi connectivity index (χ1v) is 8.09. The minimum Gasteiger partial charge on any atom is -0.454 e. The molecule has 0 unspecified atom stereocenters. The summed E-state index contributed by atoms with van der Waals surface area (Å²) in [5.41, 5.74) is 0.104. The van der Waals surface area contributed by atoms with Gasteiger partial charge in [-0.2, -0.15) is 0 Å². The van der Waals surface area contributed by atoms with Gasteiger partial charge in [0.2, 0.25) is 0 Å². The first-order chi connectivity index (χ1) is 12.3. The number of benzene rings is 2. The van der Waals surface area contributed by atoms with Gasteiger partial charge in [-0.3, -0.25) is 14.4 Å². The second kappa shape index (κ2) is 9.04. The van der Waals surface area contributed by atoms with Crippen LogP contribution in [0.3, 0.4) is 0 Å². The Balaban J connectivity index is 1.76. The van der Waals surface area contributed by atoms with E-state index >= 15 is 0 Å². The molecule has 26 heavy (non-hydrogen) atoms. The van der Waals surface area contributed by atoms with Crippen LogP contribution in [0.25, 0.3) is 0 Å². The van der Waals surface area contributed by atoms with E-state index in [0.29, 0.717) is 16.1 Å². The fraction of sp³-hybridized carbons (Fsp3) is 0.118. The van der Waals surface area contributed by atoms with Gasteiger partial charge in [-0.25, -0.2) is 8.78 Å².